The summed E-state index contributed by atoms with van der Waals surface area (Å²) < 4.78 is 48.7. The Morgan fingerprint density at radius 3 is 1.97 bits per heavy atom. The van der Waals surface area contributed by atoms with E-state index in [4.69, 9.17) is 0 Å². The first-order valence-corrected chi connectivity index (χ1v) is 14.1. The van der Waals surface area contributed by atoms with Crippen LogP contribution in [-0.4, -0.2) is 38.9 Å². The number of carbonyl (C=O) groups is 1. The maximum Gasteiger partial charge on any atom is 0.178 e. The van der Waals surface area contributed by atoms with E-state index in [0.29, 0.717) is 11.3 Å². The first-order valence-electron chi connectivity index (χ1n) is 10.8. The molecule has 1 aliphatic rings. The van der Waals surface area contributed by atoms with Crippen molar-refractivity contribution in [3.8, 4) is 0 Å². The van der Waals surface area contributed by atoms with E-state index in [-0.39, 0.29) is 35.0 Å². The lowest BCUT2D eigenvalue weighted by molar-refractivity contribution is -0.123. The first-order chi connectivity index (χ1) is 13.7. The van der Waals surface area contributed by atoms with Crippen LogP contribution in [-0.2, 0) is 30.9 Å². The van der Waals surface area contributed by atoms with E-state index in [0.717, 1.165) is 31.2 Å². The molecule has 0 radical (unpaired) electrons. The number of ketones is 1. The average molecular weight is 457 g/mol. The second-order valence-electron chi connectivity index (χ2n) is 10.1. The van der Waals surface area contributed by atoms with Gasteiger partial charge < -0.3 is 0 Å². The highest BCUT2D eigenvalue weighted by Crippen LogP contribution is 2.33. The Balaban J connectivity index is 1.91. The third-order valence-electron chi connectivity index (χ3n) is 5.90. The molecule has 0 N–H and O–H groups in total. The highest BCUT2D eigenvalue weighted by molar-refractivity contribution is 7.92. The number of benzene rings is 1. The van der Waals surface area contributed by atoms with Gasteiger partial charge in [0.1, 0.15) is 5.78 Å². The van der Waals surface area contributed by atoms with Gasteiger partial charge in [0, 0.05) is 12.3 Å². The SMILES string of the molecule is CC(C)CS(=O)(=O)c1ccc(CC(=O)C2CCC(CS(=O)(=O)C(C)(C)C)CC2)cc1. The van der Waals surface area contributed by atoms with Crippen molar-refractivity contribution < 1.29 is 21.6 Å². The molecule has 30 heavy (non-hydrogen) atoms. The Morgan fingerprint density at radius 2 is 1.50 bits per heavy atom. The van der Waals surface area contributed by atoms with Crippen molar-refractivity contribution in [3.05, 3.63) is 29.8 Å². The lowest BCUT2D eigenvalue weighted by atomic mass is 9.79. The van der Waals surface area contributed by atoms with Gasteiger partial charge in [-0.05, 0) is 76.0 Å². The van der Waals surface area contributed by atoms with Gasteiger partial charge in [0.15, 0.2) is 19.7 Å². The van der Waals surface area contributed by atoms with Gasteiger partial charge >= 0.3 is 0 Å². The summed E-state index contributed by atoms with van der Waals surface area (Å²) in [6.07, 6.45) is 3.27. The van der Waals surface area contributed by atoms with E-state index >= 15 is 0 Å². The lowest BCUT2D eigenvalue weighted by Gasteiger charge is -2.30. The molecule has 1 aromatic rings. The summed E-state index contributed by atoms with van der Waals surface area (Å²) in [6, 6.07) is 6.64. The summed E-state index contributed by atoms with van der Waals surface area (Å²) >= 11 is 0. The van der Waals surface area contributed by atoms with Crippen LogP contribution in [0.1, 0.15) is 65.9 Å². The van der Waals surface area contributed by atoms with Gasteiger partial charge in [-0.15, -0.1) is 0 Å². The number of Topliss-reactive ketones (excluding diaryl/α,β-unsaturated/α-hetero) is 1. The highest BCUT2D eigenvalue weighted by atomic mass is 32.2. The van der Waals surface area contributed by atoms with Crippen LogP contribution in [0.4, 0.5) is 0 Å². The van der Waals surface area contributed by atoms with Gasteiger partial charge in [-0.25, -0.2) is 16.8 Å². The number of sulfone groups is 2. The topological polar surface area (TPSA) is 85.3 Å². The Kier molecular flexibility index (Phi) is 7.94. The van der Waals surface area contributed by atoms with Crippen LogP contribution in [0.25, 0.3) is 0 Å². The molecular formula is C23H36O5S2. The molecule has 1 aromatic carbocycles. The van der Waals surface area contributed by atoms with E-state index in [1.807, 2.05) is 13.8 Å². The normalized spacial score (nSPS) is 21.0. The maximum absolute atomic E-state index is 12.7. The molecule has 1 aliphatic carbocycles. The summed E-state index contributed by atoms with van der Waals surface area (Å²) in [5.74, 6) is 0.616. The van der Waals surface area contributed by atoms with Crippen LogP contribution >= 0.6 is 0 Å². The standard InChI is InChI=1S/C23H36O5S2/c1-17(2)15-29(25,26)21-12-8-18(9-13-21)14-22(24)20-10-6-19(7-11-20)16-30(27,28)23(3,4)5/h8-9,12-13,17,19-20H,6-7,10-11,14-16H2,1-5H3. The second kappa shape index (κ2) is 9.51. The Bertz CT molecular complexity index is 928. The van der Waals surface area contributed by atoms with Crippen LogP contribution in [0.3, 0.4) is 0 Å². The number of rotatable bonds is 8. The van der Waals surface area contributed by atoms with Crippen molar-refractivity contribution in [2.45, 2.75) is 76.4 Å². The fourth-order valence-corrected chi connectivity index (χ4v) is 6.98. The van der Waals surface area contributed by atoms with Crippen molar-refractivity contribution >= 4 is 25.5 Å². The minimum Gasteiger partial charge on any atom is -0.299 e. The molecule has 0 unspecified atom stereocenters. The Labute approximate surface area is 182 Å². The van der Waals surface area contributed by atoms with Crippen molar-refractivity contribution in [2.75, 3.05) is 11.5 Å². The van der Waals surface area contributed by atoms with E-state index < -0.39 is 24.4 Å². The molecule has 0 saturated heterocycles. The second-order valence-corrected chi connectivity index (χ2v) is 14.9. The van der Waals surface area contributed by atoms with Crippen LogP contribution in [0, 0.1) is 17.8 Å². The maximum atomic E-state index is 12.7. The number of hydrogen-bond donors (Lipinski definition) is 0. The minimum atomic E-state index is -3.29. The zero-order chi connectivity index (χ0) is 22.7. The average Bonchev–Trinajstić information content (AvgIpc) is 2.60. The van der Waals surface area contributed by atoms with Gasteiger partial charge in [-0.2, -0.15) is 0 Å². The van der Waals surface area contributed by atoms with E-state index in [9.17, 15) is 21.6 Å². The molecule has 0 atom stereocenters. The molecule has 7 heteroatoms. The molecular weight excluding hydrogens is 420 g/mol. The van der Waals surface area contributed by atoms with Gasteiger partial charge in [-0.3, -0.25) is 4.79 Å². The predicted octanol–water partition coefficient (Wildman–Crippen LogP) is 4.25. The molecule has 2 rings (SSSR count). The minimum absolute atomic E-state index is 0.0389. The number of hydrogen-bond acceptors (Lipinski definition) is 5. The molecule has 170 valence electrons. The van der Waals surface area contributed by atoms with Crippen molar-refractivity contribution in [1.29, 1.82) is 0 Å². The highest BCUT2D eigenvalue weighted by Gasteiger charge is 2.34. The van der Waals surface area contributed by atoms with Gasteiger partial charge in [-0.1, -0.05) is 26.0 Å². The van der Waals surface area contributed by atoms with E-state index in [1.54, 1.807) is 45.0 Å². The molecule has 0 amide bonds. The first kappa shape index (κ1) is 25.1. The van der Waals surface area contributed by atoms with Crippen LogP contribution in [0.15, 0.2) is 29.2 Å². The molecule has 0 aliphatic heterocycles. The van der Waals surface area contributed by atoms with Crippen molar-refractivity contribution in [1.82, 2.24) is 0 Å². The monoisotopic (exact) mass is 456 g/mol. The summed E-state index contributed by atoms with van der Waals surface area (Å²) in [5, 5.41) is 0. The molecule has 1 saturated carbocycles. The van der Waals surface area contributed by atoms with E-state index in [2.05, 4.69) is 0 Å². The van der Waals surface area contributed by atoms with Crippen LogP contribution in [0.5, 0.6) is 0 Å². The Hall–Kier alpha value is -1.21. The third kappa shape index (κ3) is 6.64. The molecule has 0 bridgehead atoms. The van der Waals surface area contributed by atoms with Crippen molar-refractivity contribution in [3.63, 3.8) is 0 Å². The molecule has 5 nitrogen and oxygen atoms in total. The fraction of sp³-hybridized carbons (Fsp3) is 0.696. The molecule has 0 aromatic heterocycles. The fourth-order valence-electron chi connectivity index (χ4n) is 3.91. The number of carbonyl (C=O) groups excluding carboxylic acids is 1. The summed E-state index contributed by atoms with van der Waals surface area (Å²) in [4.78, 5) is 13.0. The summed E-state index contributed by atoms with van der Waals surface area (Å²) in [7, 11) is -6.43. The van der Waals surface area contributed by atoms with Crippen molar-refractivity contribution in [2.24, 2.45) is 17.8 Å². The summed E-state index contributed by atoms with van der Waals surface area (Å²) in [5.41, 5.74) is 0.820. The molecule has 0 heterocycles. The van der Waals surface area contributed by atoms with Crippen LogP contribution < -0.4 is 0 Å². The van der Waals surface area contributed by atoms with Crippen LogP contribution in [0.2, 0.25) is 0 Å². The molecule has 1 fully saturated rings. The lowest BCUT2D eigenvalue weighted by Crippen LogP contribution is -2.35. The van der Waals surface area contributed by atoms with E-state index in [1.165, 1.54) is 0 Å². The zero-order valence-corrected chi connectivity index (χ0v) is 20.5. The van der Waals surface area contributed by atoms with Gasteiger partial charge in [0.05, 0.1) is 21.1 Å². The van der Waals surface area contributed by atoms with Gasteiger partial charge in [0.2, 0.25) is 0 Å². The summed E-state index contributed by atoms with van der Waals surface area (Å²) in [6.45, 7) is 8.94. The third-order valence-corrected chi connectivity index (χ3v) is 10.8. The zero-order valence-electron chi connectivity index (χ0n) is 18.8. The smallest absolute Gasteiger partial charge is 0.178 e. The largest absolute Gasteiger partial charge is 0.299 e. The quantitative estimate of drug-likeness (QED) is 0.584. The molecule has 0 spiro atoms. The Morgan fingerprint density at radius 1 is 0.967 bits per heavy atom. The van der Waals surface area contributed by atoms with Gasteiger partial charge in [0.25, 0.3) is 0 Å². The predicted molar refractivity (Wildman–Crippen MR) is 121 cm³/mol.